The van der Waals surface area contributed by atoms with Crippen LogP contribution in [0.3, 0.4) is 0 Å². The third-order valence-corrected chi connectivity index (χ3v) is 3.58. The molecule has 0 aliphatic carbocycles. The summed E-state index contributed by atoms with van der Waals surface area (Å²) >= 11 is 0. The van der Waals surface area contributed by atoms with E-state index in [0.717, 1.165) is 29.7 Å². The van der Waals surface area contributed by atoms with Gasteiger partial charge in [0.2, 0.25) is 0 Å². The van der Waals surface area contributed by atoms with Gasteiger partial charge in [-0.05, 0) is 42.6 Å². The van der Waals surface area contributed by atoms with E-state index in [0.29, 0.717) is 19.4 Å². The van der Waals surface area contributed by atoms with Gasteiger partial charge in [0.05, 0.1) is 5.56 Å². The zero-order valence-electron chi connectivity index (χ0n) is 12.7. The summed E-state index contributed by atoms with van der Waals surface area (Å²) in [5, 5.41) is 12.9. The number of benzene rings is 2. The Balaban J connectivity index is 1.69. The normalized spacial score (nSPS) is 13.0. The summed E-state index contributed by atoms with van der Waals surface area (Å²) in [6, 6.07) is 14.9. The molecule has 0 radical (unpaired) electrons. The molecule has 0 heterocycles. The van der Waals surface area contributed by atoms with Crippen LogP contribution in [0.2, 0.25) is 0 Å². The molecule has 2 nitrogen and oxygen atoms in total. The van der Waals surface area contributed by atoms with Crippen molar-refractivity contribution < 1.29 is 18.3 Å². The van der Waals surface area contributed by atoms with Gasteiger partial charge in [-0.1, -0.05) is 42.5 Å². The van der Waals surface area contributed by atoms with Crippen molar-refractivity contribution in [2.75, 3.05) is 6.54 Å². The summed E-state index contributed by atoms with van der Waals surface area (Å²) in [5.41, 5.74) is 1.28. The van der Waals surface area contributed by atoms with Gasteiger partial charge in [-0.2, -0.15) is 13.2 Å². The first-order chi connectivity index (χ1) is 10.9. The SMILES string of the molecule is OC(Cc1ccccc1)NCCCc1ccc(C(F)(F)F)cc1. The second-order valence-electron chi connectivity index (χ2n) is 5.46. The first-order valence-corrected chi connectivity index (χ1v) is 7.56. The fourth-order valence-corrected chi connectivity index (χ4v) is 2.33. The predicted octanol–water partition coefficient (Wildman–Crippen LogP) is 3.79. The third-order valence-electron chi connectivity index (χ3n) is 3.58. The molecule has 0 spiro atoms. The van der Waals surface area contributed by atoms with E-state index in [9.17, 15) is 18.3 Å². The first-order valence-electron chi connectivity index (χ1n) is 7.56. The van der Waals surface area contributed by atoms with Crippen LogP contribution in [0.4, 0.5) is 13.2 Å². The number of nitrogens with one attached hydrogen (secondary N) is 1. The maximum atomic E-state index is 12.5. The lowest BCUT2D eigenvalue weighted by molar-refractivity contribution is -0.137. The zero-order chi connectivity index (χ0) is 16.7. The summed E-state index contributed by atoms with van der Waals surface area (Å²) in [6.07, 6.45) is -2.96. The number of hydrogen-bond acceptors (Lipinski definition) is 2. The van der Waals surface area contributed by atoms with E-state index in [-0.39, 0.29) is 0 Å². The van der Waals surface area contributed by atoms with Gasteiger partial charge in [0.25, 0.3) is 0 Å². The quantitative estimate of drug-likeness (QED) is 0.600. The van der Waals surface area contributed by atoms with Gasteiger partial charge in [-0.15, -0.1) is 0 Å². The minimum absolute atomic E-state index is 0.529. The average Bonchev–Trinajstić information content (AvgIpc) is 2.52. The summed E-state index contributed by atoms with van der Waals surface area (Å²) in [6.45, 7) is 0.606. The molecule has 2 N–H and O–H groups in total. The number of hydrogen-bond donors (Lipinski definition) is 2. The van der Waals surface area contributed by atoms with Crippen LogP contribution in [0, 0.1) is 0 Å². The van der Waals surface area contributed by atoms with Crippen LogP contribution in [0.1, 0.15) is 23.1 Å². The van der Waals surface area contributed by atoms with Gasteiger partial charge in [-0.25, -0.2) is 0 Å². The van der Waals surface area contributed by atoms with Crippen molar-refractivity contribution >= 4 is 0 Å². The second-order valence-corrected chi connectivity index (χ2v) is 5.46. The number of aliphatic hydroxyl groups is 1. The Morgan fingerprint density at radius 3 is 2.17 bits per heavy atom. The number of rotatable bonds is 7. The molecule has 23 heavy (non-hydrogen) atoms. The predicted molar refractivity (Wildman–Crippen MR) is 83.9 cm³/mol. The fraction of sp³-hybridized carbons (Fsp3) is 0.333. The Labute approximate surface area is 134 Å². The van der Waals surface area contributed by atoms with Crippen molar-refractivity contribution in [3.63, 3.8) is 0 Å². The molecule has 0 saturated heterocycles. The lowest BCUT2D eigenvalue weighted by Gasteiger charge is -2.13. The van der Waals surface area contributed by atoms with E-state index in [2.05, 4.69) is 5.32 Å². The summed E-state index contributed by atoms with van der Waals surface area (Å²) in [4.78, 5) is 0. The smallest absolute Gasteiger partial charge is 0.378 e. The van der Waals surface area contributed by atoms with Gasteiger partial charge >= 0.3 is 6.18 Å². The van der Waals surface area contributed by atoms with Gasteiger partial charge in [0.15, 0.2) is 0 Å². The highest BCUT2D eigenvalue weighted by molar-refractivity contribution is 5.24. The standard InChI is InChI=1S/C18H20F3NO/c19-18(20,21)16-10-8-14(9-11-16)7-4-12-22-17(23)13-15-5-2-1-3-6-15/h1-3,5-6,8-11,17,22-23H,4,7,12-13H2. The van der Waals surface area contributed by atoms with Crippen molar-refractivity contribution in [1.29, 1.82) is 0 Å². The molecule has 5 heteroatoms. The molecule has 0 aromatic heterocycles. The number of aliphatic hydroxyl groups excluding tert-OH is 1. The molecule has 0 saturated carbocycles. The summed E-state index contributed by atoms with van der Waals surface area (Å²) in [5.74, 6) is 0. The molecular weight excluding hydrogens is 303 g/mol. The molecule has 0 bridgehead atoms. The number of halogens is 3. The molecule has 0 aliphatic rings. The van der Waals surface area contributed by atoms with Crippen LogP contribution in [0.5, 0.6) is 0 Å². The third kappa shape index (κ3) is 6.04. The topological polar surface area (TPSA) is 32.3 Å². The van der Waals surface area contributed by atoms with Gasteiger partial charge in [-0.3, -0.25) is 5.32 Å². The van der Waals surface area contributed by atoms with Crippen LogP contribution >= 0.6 is 0 Å². The Morgan fingerprint density at radius 1 is 0.913 bits per heavy atom. The average molecular weight is 323 g/mol. The van der Waals surface area contributed by atoms with E-state index < -0.39 is 18.0 Å². The van der Waals surface area contributed by atoms with Crippen LogP contribution < -0.4 is 5.32 Å². The van der Waals surface area contributed by atoms with Crippen LogP contribution in [0.25, 0.3) is 0 Å². The molecule has 1 atom stereocenters. The maximum Gasteiger partial charge on any atom is 0.416 e. The van der Waals surface area contributed by atoms with Crippen molar-refractivity contribution in [1.82, 2.24) is 5.32 Å². The molecular formula is C18H20F3NO. The molecule has 2 rings (SSSR count). The molecule has 2 aromatic carbocycles. The van der Waals surface area contributed by atoms with Gasteiger partial charge in [0.1, 0.15) is 6.23 Å². The van der Waals surface area contributed by atoms with E-state index in [1.807, 2.05) is 30.3 Å². The Bertz CT molecular complexity index is 581. The molecule has 1 unspecified atom stereocenters. The van der Waals surface area contributed by atoms with Crippen LogP contribution in [-0.4, -0.2) is 17.9 Å². The molecule has 124 valence electrons. The molecule has 2 aromatic rings. The highest BCUT2D eigenvalue weighted by Gasteiger charge is 2.29. The Morgan fingerprint density at radius 2 is 1.57 bits per heavy atom. The van der Waals surface area contributed by atoms with Crippen molar-refractivity contribution in [2.24, 2.45) is 0 Å². The maximum absolute atomic E-state index is 12.5. The first kappa shape index (κ1) is 17.5. The van der Waals surface area contributed by atoms with Crippen molar-refractivity contribution in [3.05, 3.63) is 71.3 Å². The lowest BCUT2D eigenvalue weighted by atomic mass is 10.1. The highest BCUT2D eigenvalue weighted by Crippen LogP contribution is 2.29. The zero-order valence-corrected chi connectivity index (χ0v) is 12.7. The van der Waals surface area contributed by atoms with Crippen molar-refractivity contribution in [2.45, 2.75) is 31.7 Å². The minimum atomic E-state index is -4.29. The molecule has 0 aliphatic heterocycles. The van der Waals surface area contributed by atoms with Gasteiger partial charge < -0.3 is 5.11 Å². The minimum Gasteiger partial charge on any atom is -0.378 e. The molecule has 0 fully saturated rings. The fourth-order valence-electron chi connectivity index (χ4n) is 2.33. The van der Waals surface area contributed by atoms with E-state index in [1.54, 1.807) is 0 Å². The largest absolute Gasteiger partial charge is 0.416 e. The van der Waals surface area contributed by atoms with Crippen molar-refractivity contribution in [3.8, 4) is 0 Å². The monoisotopic (exact) mass is 323 g/mol. The Kier molecular flexibility index (Phi) is 6.19. The number of alkyl halides is 3. The number of aryl methyl sites for hydroxylation is 1. The molecule has 0 amide bonds. The Hall–Kier alpha value is -1.85. The van der Waals surface area contributed by atoms with E-state index >= 15 is 0 Å². The summed E-state index contributed by atoms with van der Waals surface area (Å²) in [7, 11) is 0. The van der Waals surface area contributed by atoms with Gasteiger partial charge in [0, 0.05) is 6.42 Å². The second kappa shape index (κ2) is 8.13. The lowest BCUT2D eigenvalue weighted by Crippen LogP contribution is -2.31. The highest BCUT2D eigenvalue weighted by atomic mass is 19.4. The van der Waals surface area contributed by atoms with Crippen LogP contribution in [-0.2, 0) is 19.0 Å². The van der Waals surface area contributed by atoms with E-state index in [4.69, 9.17) is 0 Å². The van der Waals surface area contributed by atoms with Crippen LogP contribution in [0.15, 0.2) is 54.6 Å². The van der Waals surface area contributed by atoms with E-state index in [1.165, 1.54) is 12.1 Å². The summed E-state index contributed by atoms with van der Waals surface area (Å²) < 4.78 is 37.4.